The summed E-state index contributed by atoms with van der Waals surface area (Å²) in [5.41, 5.74) is 8.03. The van der Waals surface area contributed by atoms with Crippen LogP contribution >= 0.6 is 0 Å². The number of para-hydroxylation sites is 1. The summed E-state index contributed by atoms with van der Waals surface area (Å²) in [4.78, 5) is 0. The van der Waals surface area contributed by atoms with Gasteiger partial charge in [0.2, 0.25) is 0 Å². The third-order valence-corrected chi connectivity index (χ3v) is 3.25. The molecular weight excluding hydrogens is 200 g/mol. The van der Waals surface area contributed by atoms with E-state index >= 15 is 0 Å². The van der Waals surface area contributed by atoms with Gasteiger partial charge in [0.05, 0.1) is 17.0 Å². The molecule has 0 saturated carbocycles. The van der Waals surface area contributed by atoms with E-state index in [0.29, 0.717) is 6.54 Å². The maximum absolute atomic E-state index is 10.1. The van der Waals surface area contributed by atoms with Crippen molar-refractivity contribution in [3.8, 4) is 0 Å². The van der Waals surface area contributed by atoms with E-state index in [0.717, 1.165) is 29.8 Å². The van der Waals surface area contributed by atoms with Gasteiger partial charge >= 0.3 is 0 Å². The van der Waals surface area contributed by atoms with Gasteiger partial charge in [-0.1, -0.05) is 26.0 Å². The van der Waals surface area contributed by atoms with Crippen LogP contribution in [0.15, 0.2) is 18.2 Å². The monoisotopic (exact) mass is 222 g/mol. The number of aliphatic hydroxyl groups is 1. The van der Waals surface area contributed by atoms with Gasteiger partial charge < -0.3 is 16.2 Å². The van der Waals surface area contributed by atoms with E-state index < -0.39 is 5.60 Å². The first kappa shape index (κ1) is 12.8. The second-order valence-corrected chi connectivity index (χ2v) is 4.32. The van der Waals surface area contributed by atoms with Crippen molar-refractivity contribution in [2.75, 3.05) is 17.6 Å². The van der Waals surface area contributed by atoms with Crippen molar-refractivity contribution in [2.24, 2.45) is 0 Å². The first-order valence-corrected chi connectivity index (χ1v) is 5.83. The summed E-state index contributed by atoms with van der Waals surface area (Å²) < 4.78 is 0. The highest BCUT2D eigenvalue weighted by Crippen LogP contribution is 2.23. The summed E-state index contributed by atoms with van der Waals surface area (Å²) in [5, 5.41) is 13.4. The lowest BCUT2D eigenvalue weighted by Crippen LogP contribution is -2.35. The lowest BCUT2D eigenvalue weighted by molar-refractivity contribution is 0.0457. The number of hydrogen-bond acceptors (Lipinski definition) is 3. The van der Waals surface area contributed by atoms with Crippen molar-refractivity contribution < 1.29 is 5.11 Å². The van der Waals surface area contributed by atoms with Crippen molar-refractivity contribution in [3.05, 3.63) is 23.8 Å². The number of nitrogen functional groups attached to an aromatic ring is 1. The first-order chi connectivity index (χ1) is 7.52. The zero-order valence-corrected chi connectivity index (χ0v) is 10.4. The van der Waals surface area contributed by atoms with Crippen molar-refractivity contribution >= 4 is 11.4 Å². The van der Waals surface area contributed by atoms with E-state index in [-0.39, 0.29) is 0 Å². The number of benzene rings is 1. The highest BCUT2D eigenvalue weighted by atomic mass is 16.3. The number of hydrogen-bond donors (Lipinski definition) is 3. The molecule has 0 atom stereocenters. The van der Waals surface area contributed by atoms with Gasteiger partial charge in [-0.25, -0.2) is 0 Å². The summed E-state index contributed by atoms with van der Waals surface area (Å²) in [6, 6.07) is 5.88. The highest BCUT2D eigenvalue weighted by Gasteiger charge is 2.21. The molecule has 0 aliphatic heterocycles. The summed E-state index contributed by atoms with van der Waals surface area (Å²) >= 11 is 0. The van der Waals surface area contributed by atoms with Gasteiger partial charge in [0.1, 0.15) is 0 Å². The predicted octanol–water partition coefficient (Wildman–Crippen LogP) is 2.54. The van der Waals surface area contributed by atoms with Crippen LogP contribution in [-0.2, 0) is 0 Å². The average molecular weight is 222 g/mol. The molecule has 0 aromatic heterocycles. The van der Waals surface area contributed by atoms with Crippen LogP contribution in [0.5, 0.6) is 0 Å². The molecule has 4 N–H and O–H groups in total. The Bertz CT molecular complexity index is 346. The molecule has 0 amide bonds. The topological polar surface area (TPSA) is 58.3 Å². The molecular formula is C13H22N2O. The zero-order chi connectivity index (χ0) is 12.2. The van der Waals surface area contributed by atoms with Gasteiger partial charge in [-0.3, -0.25) is 0 Å². The Hall–Kier alpha value is -1.22. The molecule has 0 saturated heterocycles. The minimum absolute atomic E-state index is 0.535. The summed E-state index contributed by atoms with van der Waals surface area (Å²) in [5.74, 6) is 0. The number of anilines is 2. The molecule has 16 heavy (non-hydrogen) atoms. The van der Waals surface area contributed by atoms with Gasteiger partial charge in [-0.15, -0.1) is 0 Å². The van der Waals surface area contributed by atoms with Gasteiger partial charge in [0.15, 0.2) is 0 Å². The van der Waals surface area contributed by atoms with Crippen molar-refractivity contribution in [2.45, 2.75) is 39.2 Å². The Morgan fingerprint density at radius 1 is 1.31 bits per heavy atom. The van der Waals surface area contributed by atoms with Gasteiger partial charge in [-0.2, -0.15) is 0 Å². The van der Waals surface area contributed by atoms with E-state index in [4.69, 9.17) is 5.73 Å². The molecule has 3 nitrogen and oxygen atoms in total. The zero-order valence-electron chi connectivity index (χ0n) is 10.4. The molecule has 0 bridgehead atoms. The second kappa shape index (κ2) is 5.21. The average Bonchev–Trinajstić information content (AvgIpc) is 2.31. The van der Waals surface area contributed by atoms with Crippen LogP contribution in [0.3, 0.4) is 0 Å². The van der Waals surface area contributed by atoms with E-state index in [9.17, 15) is 5.11 Å². The Balaban J connectivity index is 2.71. The highest BCUT2D eigenvalue weighted by molar-refractivity contribution is 5.69. The Morgan fingerprint density at radius 3 is 2.50 bits per heavy atom. The van der Waals surface area contributed by atoms with Gasteiger partial charge in [-0.05, 0) is 31.4 Å². The summed E-state index contributed by atoms with van der Waals surface area (Å²) in [6.45, 7) is 6.50. The minimum Gasteiger partial charge on any atom is -0.397 e. The number of rotatable bonds is 5. The van der Waals surface area contributed by atoms with Crippen LogP contribution in [0.25, 0.3) is 0 Å². The van der Waals surface area contributed by atoms with Crippen LogP contribution in [-0.4, -0.2) is 17.3 Å². The SMILES string of the molecule is CCC(O)(CC)CNc1cccc(C)c1N. The number of nitrogens with two attached hydrogens (primary N) is 1. The Morgan fingerprint density at radius 2 is 1.94 bits per heavy atom. The molecule has 0 spiro atoms. The summed E-state index contributed by atoms with van der Waals surface area (Å²) in [7, 11) is 0. The minimum atomic E-state index is -0.643. The van der Waals surface area contributed by atoms with Gasteiger partial charge in [0, 0.05) is 6.54 Å². The van der Waals surface area contributed by atoms with Crippen molar-refractivity contribution in [3.63, 3.8) is 0 Å². The molecule has 3 heteroatoms. The first-order valence-electron chi connectivity index (χ1n) is 5.83. The van der Waals surface area contributed by atoms with Crippen LogP contribution in [0.1, 0.15) is 32.3 Å². The molecule has 0 aliphatic rings. The maximum atomic E-state index is 10.1. The van der Waals surface area contributed by atoms with Crippen LogP contribution in [0, 0.1) is 6.92 Å². The fourth-order valence-electron chi connectivity index (χ4n) is 1.59. The molecule has 1 aromatic carbocycles. The third kappa shape index (κ3) is 2.89. The fraction of sp³-hybridized carbons (Fsp3) is 0.538. The molecule has 1 rings (SSSR count). The molecule has 0 aliphatic carbocycles. The van der Waals surface area contributed by atoms with E-state index in [1.54, 1.807) is 0 Å². The largest absolute Gasteiger partial charge is 0.397 e. The lowest BCUT2D eigenvalue weighted by atomic mass is 9.97. The molecule has 0 unspecified atom stereocenters. The summed E-state index contributed by atoms with van der Waals surface area (Å²) in [6.07, 6.45) is 1.48. The van der Waals surface area contributed by atoms with Gasteiger partial charge in [0.25, 0.3) is 0 Å². The van der Waals surface area contributed by atoms with Crippen LogP contribution < -0.4 is 11.1 Å². The lowest BCUT2D eigenvalue weighted by Gasteiger charge is -2.26. The number of nitrogens with one attached hydrogen (secondary N) is 1. The van der Waals surface area contributed by atoms with Crippen molar-refractivity contribution in [1.82, 2.24) is 0 Å². The second-order valence-electron chi connectivity index (χ2n) is 4.32. The fourth-order valence-corrected chi connectivity index (χ4v) is 1.59. The van der Waals surface area contributed by atoms with E-state index in [1.807, 2.05) is 39.0 Å². The molecule has 1 aromatic rings. The van der Waals surface area contributed by atoms with E-state index in [1.165, 1.54) is 0 Å². The predicted molar refractivity (Wildman–Crippen MR) is 69.6 cm³/mol. The Labute approximate surface area is 97.7 Å². The molecule has 0 radical (unpaired) electrons. The standard InChI is InChI=1S/C13H22N2O/c1-4-13(16,5-2)9-15-11-8-6-7-10(3)12(11)14/h6-8,15-16H,4-5,9,14H2,1-3H3. The van der Waals surface area contributed by atoms with Crippen molar-refractivity contribution in [1.29, 1.82) is 0 Å². The molecule has 0 fully saturated rings. The maximum Gasteiger partial charge on any atom is 0.0814 e. The Kier molecular flexibility index (Phi) is 4.19. The van der Waals surface area contributed by atoms with E-state index in [2.05, 4.69) is 5.32 Å². The molecule has 0 heterocycles. The smallest absolute Gasteiger partial charge is 0.0814 e. The van der Waals surface area contributed by atoms with Crippen LogP contribution in [0.2, 0.25) is 0 Å². The normalized spacial score (nSPS) is 11.5. The third-order valence-electron chi connectivity index (χ3n) is 3.25. The van der Waals surface area contributed by atoms with Crippen LogP contribution in [0.4, 0.5) is 11.4 Å². The molecule has 90 valence electrons. The number of aryl methyl sites for hydroxylation is 1. The quantitative estimate of drug-likeness (QED) is 0.671.